The number of nitrogens with zero attached hydrogens (tertiary/aromatic N) is 2. The molecule has 1 aliphatic heterocycles. The van der Waals surface area contributed by atoms with Crippen molar-refractivity contribution in [3.8, 4) is 11.5 Å². The number of amides is 1. The number of thiazole rings is 1. The number of rotatable bonds is 2. The van der Waals surface area contributed by atoms with Gasteiger partial charge in [-0.1, -0.05) is 46.7 Å². The van der Waals surface area contributed by atoms with E-state index in [2.05, 4.69) is 4.99 Å². The molecule has 1 unspecified atom stereocenters. The number of hydrogen-bond donors (Lipinski definition) is 0. The number of halogens is 2. The molecule has 0 fully saturated rings. The predicted molar refractivity (Wildman–Crippen MR) is 102 cm³/mol. The standard InChI is InChI=1S/C18H14Cl2N2O3S/c1-2-22-16-11(20)7-10(19)8-15(16)26-18(22)21-17(23)14-9-24-12-5-3-4-6-13(12)25-14/h3-8,14H,2,9H2,1H3. The Bertz CT molecular complexity index is 1070. The average molecular weight is 409 g/mol. The van der Waals surface area contributed by atoms with Crippen molar-refractivity contribution in [1.29, 1.82) is 0 Å². The molecule has 3 aromatic rings. The summed E-state index contributed by atoms with van der Waals surface area (Å²) in [7, 11) is 0. The average Bonchev–Trinajstić information content (AvgIpc) is 2.98. The predicted octanol–water partition coefficient (Wildman–Crippen LogP) is 4.30. The number of aromatic nitrogens is 1. The van der Waals surface area contributed by atoms with Crippen LogP contribution in [0, 0.1) is 0 Å². The highest BCUT2D eigenvalue weighted by Gasteiger charge is 2.27. The molecule has 26 heavy (non-hydrogen) atoms. The van der Waals surface area contributed by atoms with Crippen LogP contribution in [0.3, 0.4) is 0 Å². The number of carbonyl (C=O) groups excluding carboxylic acids is 1. The van der Waals surface area contributed by atoms with E-state index in [4.69, 9.17) is 32.7 Å². The quantitative estimate of drug-likeness (QED) is 0.634. The molecule has 1 atom stereocenters. The molecule has 1 aliphatic rings. The Balaban J connectivity index is 1.72. The minimum atomic E-state index is -0.778. The molecule has 4 rings (SSSR count). The van der Waals surface area contributed by atoms with Crippen LogP contribution < -0.4 is 14.3 Å². The minimum Gasteiger partial charge on any atom is -0.485 e. The molecule has 0 spiro atoms. The molecular formula is C18H14Cl2N2O3S. The minimum absolute atomic E-state index is 0.128. The first-order valence-corrected chi connectivity index (χ1v) is 9.59. The zero-order chi connectivity index (χ0) is 18.3. The summed E-state index contributed by atoms with van der Waals surface area (Å²) in [6.45, 7) is 2.72. The molecule has 134 valence electrons. The van der Waals surface area contributed by atoms with Crippen molar-refractivity contribution >= 4 is 50.7 Å². The van der Waals surface area contributed by atoms with Gasteiger partial charge in [0.05, 0.1) is 15.2 Å². The van der Waals surface area contributed by atoms with Crippen LogP contribution in [-0.2, 0) is 11.3 Å². The van der Waals surface area contributed by atoms with Crippen molar-refractivity contribution in [3.63, 3.8) is 0 Å². The van der Waals surface area contributed by atoms with Gasteiger partial charge in [-0.15, -0.1) is 0 Å². The molecular weight excluding hydrogens is 395 g/mol. The lowest BCUT2D eigenvalue weighted by Gasteiger charge is -2.23. The maximum Gasteiger partial charge on any atom is 0.292 e. The summed E-state index contributed by atoms with van der Waals surface area (Å²) in [5.74, 6) is 0.778. The number of para-hydroxylation sites is 2. The van der Waals surface area contributed by atoms with Gasteiger partial charge in [-0.2, -0.15) is 4.99 Å². The van der Waals surface area contributed by atoms with Gasteiger partial charge in [-0.25, -0.2) is 0 Å². The molecule has 1 amide bonds. The second kappa shape index (κ2) is 6.95. The molecule has 0 aliphatic carbocycles. The molecule has 0 saturated carbocycles. The van der Waals surface area contributed by atoms with Crippen LogP contribution >= 0.6 is 34.5 Å². The summed E-state index contributed by atoms with van der Waals surface area (Å²) in [4.78, 5) is 17.5. The van der Waals surface area contributed by atoms with Crippen LogP contribution in [0.5, 0.6) is 11.5 Å². The van der Waals surface area contributed by atoms with Crippen LogP contribution in [0.4, 0.5) is 0 Å². The number of hydrogen-bond acceptors (Lipinski definition) is 4. The van der Waals surface area contributed by atoms with Crippen molar-refractivity contribution in [2.45, 2.75) is 19.6 Å². The van der Waals surface area contributed by atoms with Crippen molar-refractivity contribution in [1.82, 2.24) is 4.57 Å². The second-order valence-electron chi connectivity index (χ2n) is 5.68. The number of benzene rings is 2. The molecule has 5 nitrogen and oxygen atoms in total. The molecule has 0 N–H and O–H groups in total. The summed E-state index contributed by atoms with van der Waals surface area (Å²) in [6, 6.07) is 10.8. The monoisotopic (exact) mass is 408 g/mol. The van der Waals surface area contributed by atoms with Gasteiger partial charge in [-0.3, -0.25) is 4.79 Å². The fraction of sp³-hybridized carbons (Fsp3) is 0.222. The SMILES string of the molecule is CCn1c(=NC(=O)C2COc3ccccc3O2)sc2cc(Cl)cc(Cl)c21. The maximum absolute atomic E-state index is 12.6. The van der Waals surface area contributed by atoms with E-state index < -0.39 is 12.0 Å². The van der Waals surface area contributed by atoms with E-state index in [9.17, 15) is 4.79 Å². The number of fused-ring (bicyclic) bond motifs is 2. The molecule has 2 heterocycles. The summed E-state index contributed by atoms with van der Waals surface area (Å²) in [5, 5.41) is 1.08. The van der Waals surface area contributed by atoms with E-state index in [1.807, 2.05) is 29.7 Å². The van der Waals surface area contributed by atoms with E-state index in [0.717, 1.165) is 10.2 Å². The fourth-order valence-electron chi connectivity index (χ4n) is 2.82. The first-order valence-electron chi connectivity index (χ1n) is 8.02. The van der Waals surface area contributed by atoms with E-state index in [0.29, 0.717) is 32.9 Å². The van der Waals surface area contributed by atoms with Crippen molar-refractivity contribution in [2.75, 3.05) is 6.61 Å². The van der Waals surface area contributed by atoms with Gasteiger partial charge < -0.3 is 14.0 Å². The van der Waals surface area contributed by atoms with Gasteiger partial charge in [0.15, 0.2) is 16.3 Å². The van der Waals surface area contributed by atoms with E-state index >= 15 is 0 Å². The smallest absolute Gasteiger partial charge is 0.292 e. The van der Waals surface area contributed by atoms with Crippen molar-refractivity contribution < 1.29 is 14.3 Å². The molecule has 0 saturated heterocycles. The molecule has 8 heteroatoms. The Kier molecular flexibility index (Phi) is 4.65. The highest BCUT2D eigenvalue weighted by molar-refractivity contribution is 7.16. The maximum atomic E-state index is 12.6. The highest BCUT2D eigenvalue weighted by atomic mass is 35.5. The lowest BCUT2D eigenvalue weighted by atomic mass is 10.2. The van der Waals surface area contributed by atoms with Gasteiger partial charge in [0.1, 0.15) is 6.61 Å². The third-order valence-corrected chi connectivity index (χ3v) is 5.53. The number of aryl methyl sites for hydroxylation is 1. The first kappa shape index (κ1) is 17.4. The number of carbonyl (C=O) groups is 1. The summed E-state index contributed by atoms with van der Waals surface area (Å²) < 4.78 is 14.1. The van der Waals surface area contributed by atoms with Gasteiger partial charge in [0, 0.05) is 11.6 Å². The largest absolute Gasteiger partial charge is 0.485 e. The van der Waals surface area contributed by atoms with Gasteiger partial charge in [0.25, 0.3) is 5.91 Å². The lowest BCUT2D eigenvalue weighted by Crippen LogP contribution is -2.36. The zero-order valence-corrected chi connectivity index (χ0v) is 16.1. The summed E-state index contributed by atoms with van der Waals surface area (Å²) >= 11 is 13.8. The van der Waals surface area contributed by atoms with E-state index in [1.165, 1.54) is 11.3 Å². The lowest BCUT2D eigenvalue weighted by molar-refractivity contribution is -0.127. The topological polar surface area (TPSA) is 52.8 Å². The zero-order valence-electron chi connectivity index (χ0n) is 13.7. The molecule has 0 radical (unpaired) electrons. The fourth-order valence-corrected chi connectivity index (χ4v) is 4.70. The molecule has 1 aromatic heterocycles. The first-order chi connectivity index (χ1) is 12.6. The van der Waals surface area contributed by atoms with Crippen molar-refractivity contribution in [3.05, 3.63) is 51.2 Å². The Morgan fingerprint density at radius 2 is 2.08 bits per heavy atom. The van der Waals surface area contributed by atoms with Crippen LogP contribution in [-0.4, -0.2) is 23.2 Å². The Hall–Kier alpha value is -2.02. The number of ether oxygens (including phenoxy) is 2. The van der Waals surface area contributed by atoms with Gasteiger partial charge >= 0.3 is 0 Å². The normalized spacial score (nSPS) is 16.9. The Labute approximate surface area is 163 Å². The van der Waals surface area contributed by atoms with Gasteiger partial charge in [0.2, 0.25) is 6.10 Å². The van der Waals surface area contributed by atoms with E-state index in [1.54, 1.807) is 18.2 Å². The summed E-state index contributed by atoms with van der Waals surface area (Å²) in [6.07, 6.45) is -0.778. The highest BCUT2D eigenvalue weighted by Crippen LogP contribution is 2.32. The van der Waals surface area contributed by atoms with Crippen LogP contribution in [0.1, 0.15) is 6.92 Å². The Morgan fingerprint density at radius 1 is 1.31 bits per heavy atom. The summed E-state index contributed by atoms with van der Waals surface area (Å²) in [5.41, 5.74) is 0.821. The molecule has 0 bridgehead atoms. The third-order valence-electron chi connectivity index (χ3n) is 4.00. The molecule has 2 aromatic carbocycles. The van der Waals surface area contributed by atoms with Crippen LogP contribution in [0.2, 0.25) is 10.0 Å². The third kappa shape index (κ3) is 3.09. The van der Waals surface area contributed by atoms with Crippen LogP contribution in [0.15, 0.2) is 41.4 Å². The van der Waals surface area contributed by atoms with E-state index in [-0.39, 0.29) is 6.61 Å². The van der Waals surface area contributed by atoms with Crippen LogP contribution in [0.25, 0.3) is 10.2 Å². The Morgan fingerprint density at radius 3 is 2.85 bits per heavy atom. The second-order valence-corrected chi connectivity index (χ2v) is 7.53. The van der Waals surface area contributed by atoms with Gasteiger partial charge in [-0.05, 0) is 31.2 Å². The van der Waals surface area contributed by atoms with Crippen molar-refractivity contribution in [2.24, 2.45) is 4.99 Å².